The average molecular weight is 270 g/mol. The molecule has 0 fully saturated rings. The summed E-state index contributed by atoms with van der Waals surface area (Å²) in [4.78, 5) is 27.9. The number of nitrogens with one attached hydrogen (secondary N) is 1. The summed E-state index contributed by atoms with van der Waals surface area (Å²) in [5, 5.41) is 2.54. The minimum atomic E-state index is -0.680. The summed E-state index contributed by atoms with van der Waals surface area (Å²) in [6.07, 6.45) is 1.63. The number of Topliss-reactive ketones (excluding diaryl/α,β-unsaturated/α-hetero) is 1. The Hall–Kier alpha value is -2.69. The molecule has 1 heterocycles. The lowest BCUT2D eigenvalue weighted by Crippen LogP contribution is -2.31. The molecule has 0 saturated heterocycles. The number of methoxy groups -OCH3 is 1. The van der Waals surface area contributed by atoms with Crippen LogP contribution in [0.25, 0.3) is 0 Å². The van der Waals surface area contributed by atoms with E-state index in [-0.39, 0.29) is 12.1 Å². The van der Waals surface area contributed by atoms with Gasteiger partial charge in [-0.1, -0.05) is 18.2 Å². The van der Waals surface area contributed by atoms with Gasteiger partial charge in [-0.25, -0.2) is 0 Å². The lowest BCUT2D eigenvalue weighted by atomic mass is 10.1. The van der Waals surface area contributed by atoms with Gasteiger partial charge in [0.2, 0.25) is 0 Å². The van der Waals surface area contributed by atoms with E-state index in [1.807, 2.05) is 6.07 Å². The lowest BCUT2D eigenvalue weighted by molar-refractivity contribution is -0.117. The second-order valence-electron chi connectivity index (χ2n) is 4.03. The fourth-order valence-electron chi connectivity index (χ4n) is 1.71. The molecule has 1 aromatic carbocycles. The van der Waals surface area contributed by atoms with Gasteiger partial charge in [0, 0.05) is 6.20 Å². The summed E-state index contributed by atoms with van der Waals surface area (Å²) in [5.74, 6) is -0.927. The van der Waals surface area contributed by atoms with E-state index in [2.05, 4.69) is 10.3 Å². The van der Waals surface area contributed by atoms with Gasteiger partial charge < -0.3 is 10.1 Å². The Kier molecular flexibility index (Phi) is 4.44. The molecule has 0 atom stereocenters. The van der Waals surface area contributed by atoms with Gasteiger partial charge in [-0.15, -0.1) is 0 Å². The summed E-state index contributed by atoms with van der Waals surface area (Å²) in [7, 11) is 1.46. The number of carbonyl (C=O) groups is 2. The van der Waals surface area contributed by atoms with Gasteiger partial charge in [0.25, 0.3) is 11.7 Å². The number of ketones is 1. The highest BCUT2D eigenvalue weighted by Gasteiger charge is 2.19. The Balaban J connectivity index is 2.04. The molecule has 5 heteroatoms. The number of amides is 1. The van der Waals surface area contributed by atoms with Crippen molar-refractivity contribution < 1.29 is 14.3 Å². The van der Waals surface area contributed by atoms with E-state index in [4.69, 9.17) is 4.74 Å². The number of hydrogen-bond acceptors (Lipinski definition) is 4. The average Bonchev–Trinajstić information content (AvgIpc) is 2.52. The van der Waals surface area contributed by atoms with Gasteiger partial charge in [-0.2, -0.15) is 0 Å². The van der Waals surface area contributed by atoms with Crippen LogP contribution in [-0.4, -0.2) is 23.8 Å². The topological polar surface area (TPSA) is 68.3 Å². The molecule has 0 spiro atoms. The first-order chi connectivity index (χ1) is 9.72. The van der Waals surface area contributed by atoms with E-state index < -0.39 is 11.7 Å². The number of rotatable bonds is 5. The number of pyridine rings is 1. The zero-order chi connectivity index (χ0) is 14.4. The van der Waals surface area contributed by atoms with Crippen molar-refractivity contribution in [1.29, 1.82) is 0 Å². The van der Waals surface area contributed by atoms with E-state index in [1.54, 1.807) is 42.6 Å². The smallest absolute Gasteiger partial charge is 0.292 e. The molecule has 2 rings (SSSR count). The Morgan fingerprint density at radius 3 is 2.60 bits per heavy atom. The number of nitrogens with zero attached hydrogens (tertiary/aromatic N) is 1. The highest BCUT2D eigenvalue weighted by molar-refractivity contribution is 6.43. The van der Waals surface area contributed by atoms with Crippen LogP contribution in [0.4, 0.5) is 0 Å². The van der Waals surface area contributed by atoms with Gasteiger partial charge in [0.1, 0.15) is 5.75 Å². The normalized spacial score (nSPS) is 9.85. The van der Waals surface area contributed by atoms with Crippen LogP contribution in [0.5, 0.6) is 5.75 Å². The van der Waals surface area contributed by atoms with Crippen LogP contribution in [-0.2, 0) is 11.3 Å². The van der Waals surface area contributed by atoms with Crippen molar-refractivity contribution in [3.63, 3.8) is 0 Å². The van der Waals surface area contributed by atoms with Crippen molar-refractivity contribution in [2.45, 2.75) is 6.54 Å². The van der Waals surface area contributed by atoms with Crippen LogP contribution in [0.2, 0.25) is 0 Å². The first-order valence-corrected chi connectivity index (χ1v) is 6.08. The minimum Gasteiger partial charge on any atom is -0.496 e. The third kappa shape index (κ3) is 3.20. The number of ether oxygens (including phenoxy) is 1. The van der Waals surface area contributed by atoms with Crippen molar-refractivity contribution in [3.05, 3.63) is 59.9 Å². The molecule has 0 saturated carbocycles. The fraction of sp³-hybridized carbons (Fsp3) is 0.133. The lowest BCUT2D eigenvalue weighted by Gasteiger charge is -2.07. The summed E-state index contributed by atoms with van der Waals surface area (Å²) >= 11 is 0. The Bertz CT molecular complexity index is 612. The monoisotopic (exact) mass is 270 g/mol. The molecule has 102 valence electrons. The minimum absolute atomic E-state index is 0.209. The number of para-hydroxylation sites is 1. The molecule has 1 amide bonds. The quantitative estimate of drug-likeness (QED) is 0.661. The summed E-state index contributed by atoms with van der Waals surface area (Å²) in [6, 6.07) is 12.0. The number of benzene rings is 1. The van der Waals surface area contributed by atoms with Crippen LogP contribution in [0.15, 0.2) is 48.7 Å². The van der Waals surface area contributed by atoms with Crippen LogP contribution in [0.1, 0.15) is 16.1 Å². The highest BCUT2D eigenvalue weighted by Crippen LogP contribution is 2.17. The van der Waals surface area contributed by atoms with Gasteiger partial charge in [0.05, 0.1) is 24.9 Å². The molecule has 0 aliphatic heterocycles. The second-order valence-corrected chi connectivity index (χ2v) is 4.03. The predicted octanol–water partition coefficient (Wildman–Crippen LogP) is 1.59. The fourth-order valence-corrected chi connectivity index (χ4v) is 1.71. The molecule has 0 aliphatic carbocycles. The molecule has 20 heavy (non-hydrogen) atoms. The van der Waals surface area contributed by atoms with Crippen LogP contribution >= 0.6 is 0 Å². The third-order valence-electron chi connectivity index (χ3n) is 2.71. The molecular weight excluding hydrogens is 256 g/mol. The maximum atomic E-state index is 12.0. The van der Waals surface area contributed by atoms with E-state index in [0.717, 1.165) is 0 Å². The van der Waals surface area contributed by atoms with E-state index in [9.17, 15) is 9.59 Å². The van der Waals surface area contributed by atoms with Crippen molar-refractivity contribution in [2.24, 2.45) is 0 Å². The van der Waals surface area contributed by atoms with Gasteiger partial charge >= 0.3 is 0 Å². The standard InChI is InChI=1S/C15H14N2O3/c1-20-13-8-3-2-7-12(13)14(18)15(19)17-10-11-6-4-5-9-16-11/h2-9H,10H2,1H3,(H,17,19). The van der Waals surface area contributed by atoms with E-state index in [0.29, 0.717) is 11.4 Å². The molecule has 2 aromatic rings. The van der Waals surface area contributed by atoms with Gasteiger partial charge in [-0.3, -0.25) is 14.6 Å². The van der Waals surface area contributed by atoms with Crippen LogP contribution < -0.4 is 10.1 Å². The zero-order valence-corrected chi connectivity index (χ0v) is 11.0. The second kappa shape index (κ2) is 6.47. The van der Waals surface area contributed by atoms with Crippen LogP contribution in [0.3, 0.4) is 0 Å². The molecule has 0 aliphatic rings. The van der Waals surface area contributed by atoms with Crippen molar-refractivity contribution in [1.82, 2.24) is 10.3 Å². The van der Waals surface area contributed by atoms with Crippen molar-refractivity contribution >= 4 is 11.7 Å². The van der Waals surface area contributed by atoms with Crippen molar-refractivity contribution in [3.8, 4) is 5.75 Å². The number of hydrogen-bond donors (Lipinski definition) is 1. The van der Waals surface area contributed by atoms with Gasteiger partial charge in [-0.05, 0) is 24.3 Å². The summed E-state index contributed by atoms with van der Waals surface area (Å²) < 4.78 is 5.07. The van der Waals surface area contributed by atoms with Crippen LogP contribution in [0, 0.1) is 0 Å². The maximum absolute atomic E-state index is 12.0. The first-order valence-electron chi connectivity index (χ1n) is 6.08. The predicted molar refractivity (Wildman–Crippen MR) is 73.4 cm³/mol. The Labute approximate surface area is 116 Å². The zero-order valence-electron chi connectivity index (χ0n) is 11.0. The third-order valence-corrected chi connectivity index (χ3v) is 2.71. The molecule has 0 bridgehead atoms. The van der Waals surface area contributed by atoms with Gasteiger partial charge in [0.15, 0.2) is 0 Å². The molecule has 1 N–H and O–H groups in total. The first kappa shape index (κ1) is 13.7. The largest absolute Gasteiger partial charge is 0.496 e. The number of carbonyl (C=O) groups excluding carboxylic acids is 2. The Morgan fingerprint density at radius 1 is 1.15 bits per heavy atom. The Morgan fingerprint density at radius 2 is 1.90 bits per heavy atom. The van der Waals surface area contributed by atoms with Crippen molar-refractivity contribution in [2.75, 3.05) is 7.11 Å². The molecular formula is C15H14N2O3. The summed E-state index contributed by atoms with van der Waals surface area (Å²) in [6.45, 7) is 0.209. The molecule has 0 unspecified atom stereocenters. The number of aromatic nitrogens is 1. The molecule has 5 nitrogen and oxygen atoms in total. The van der Waals surface area contributed by atoms with E-state index in [1.165, 1.54) is 7.11 Å². The molecule has 1 aromatic heterocycles. The van der Waals surface area contributed by atoms with E-state index >= 15 is 0 Å². The molecule has 0 radical (unpaired) electrons. The SMILES string of the molecule is COc1ccccc1C(=O)C(=O)NCc1ccccn1. The summed E-state index contributed by atoms with van der Waals surface area (Å²) in [5.41, 5.74) is 0.933. The maximum Gasteiger partial charge on any atom is 0.292 e. The highest BCUT2D eigenvalue weighted by atomic mass is 16.5.